The summed E-state index contributed by atoms with van der Waals surface area (Å²) in [6.45, 7) is -3.83. The molecule has 3 nitrogen and oxygen atoms in total. The Bertz CT molecular complexity index is 227. The molecule has 2 rings (SSSR count). The zero-order chi connectivity index (χ0) is 8.77. The molecule has 12 heavy (non-hydrogen) atoms. The molecule has 2 aliphatic carbocycles. The van der Waals surface area contributed by atoms with E-state index in [1.807, 2.05) is 0 Å². The van der Waals surface area contributed by atoms with Crippen LogP contribution in [0.15, 0.2) is 0 Å². The lowest BCUT2D eigenvalue weighted by Crippen LogP contribution is -2.11. The third kappa shape index (κ3) is 1.87. The van der Waals surface area contributed by atoms with E-state index in [-0.39, 0.29) is 5.25 Å². The molecular weight excluding hydrogens is 195 g/mol. The van der Waals surface area contributed by atoms with Gasteiger partial charge in [0.1, 0.15) is 0 Å². The van der Waals surface area contributed by atoms with Gasteiger partial charge in [-0.25, -0.2) is 4.57 Å². The molecule has 2 saturated carbocycles. The van der Waals surface area contributed by atoms with Crippen molar-refractivity contribution in [2.75, 3.05) is 0 Å². The van der Waals surface area contributed by atoms with Crippen molar-refractivity contribution < 1.29 is 14.4 Å². The van der Waals surface area contributed by atoms with Crippen molar-refractivity contribution in [3.05, 3.63) is 0 Å². The van der Waals surface area contributed by atoms with Crippen molar-refractivity contribution >= 4 is 18.2 Å². The number of rotatable bonds is 2. The van der Waals surface area contributed by atoms with Gasteiger partial charge in [-0.1, -0.05) is 6.42 Å². The maximum atomic E-state index is 10.7. The van der Waals surface area contributed by atoms with Crippen LogP contribution in [0.2, 0.25) is 0 Å². The van der Waals surface area contributed by atoms with Crippen LogP contribution in [0.1, 0.15) is 25.7 Å². The molecule has 5 heteroatoms. The molecule has 0 aromatic rings. The zero-order valence-corrected chi connectivity index (χ0v) is 8.43. The van der Waals surface area contributed by atoms with E-state index in [2.05, 4.69) is 0 Å². The van der Waals surface area contributed by atoms with Crippen LogP contribution >= 0.6 is 18.2 Å². The second-order valence-corrected chi connectivity index (χ2v) is 7.67. The Morgan fingerprint density at radius 1 is 1.25 bits per heavy atom. The van der Waals surface area contributed by atoms with Gasteiger partial charge in [0.15, 0.2) is 0 Å². The predicted molar refractivity (Wildman–Crippen MR) is 48.9 cm³/mol. The largest absolute Gasteiger partial charge is 0.384 e. The van der Waals surface area contributed by atoms with Crippen molar-refractivity contribution in [2.24, 2.45) is 11.8 Å². The Balaban J connectivity index is 1.95. The van der Waals surface area contributed by atoms with Crippen molar-refractivity contribution in [1.82, 2.24) is 0 Å². The van der Waals surface area contributed by atoms with Gasteiger partial charge < -0.3 is 9.79 Å². The third-order valence-electron chi connectivity index (χ3n) is 2.95. The lowest BCUT2D eigenvalue weighted by atomic mass is 10.0. The van der Waals surface area contributed by atoms with Gasteiger partial charge in [0, 0.05) is 5.25 Å². The summed E-state index contributed by atoms with van der Waals surface area (Å²) in [6, 6.07) is 0. The average Bonchev–Trinajstić information content (AvgIpc) is 2.42. The lowest BCUT2D eigenvalue weighted by molar-refractivity contribution is 0.395. The molecule has 0 aromatic heterocycles. The Labute approximate surface area is 75.8 Å². The minimum absolute atomic E-state index is 0.240. The van der Waals surface area contributed by atoms with E-state index < -0.39 is 6.80 Å². The van der Waals surface area contributed by atoms with Crippen LogP contribution < -0.4 is 0 Å². The smallest absolute Gasteiger partial charge is 0.317 e. The minimum Gasteiger partial charge on any atom is -0.317 e. The van der Waals surface area contributed by atoms with Crippen molar-refractivity contribution in [3.63, 3.8) is 0 Å². The summed E-state index contributed by atoms with van der Waals surface area (Å²) in [5, 5.41) is 0.240. The molecular formula is C7H13O3PS. The van der Waals surface area contributed by atoms with Crippen LogP contribution in [-0.4, -0.2) is 15.0 Å². The van der Waals surface area contributed by atoms with E-state index in [4.69, 9.17) is 9.79 Å². The van der Waals surface area contributed by atoms with Crippen LogP contribution in [0, 0.1) is 11.8 Å². The summed E-state index contributed by atoms with van der Waals surface area (Å²) in [5.74, 6) is 1.35. The van der Waals surface area contributed by atoms with Crippen LogP contribution in [0.3, 0.4) is 0 Å². The molecule has 0 aliphatic heterocycles. The Kier molecular flexibility index (Phi) is 2.28. The molecule has 0 amide bonds. The zero-order valence-electron chi connectivity index (χ0n) is 6.72. The second kappa shape index (κ2) is 3.02. The maximum absolute atomic E-state index is 10.7. The topological polar surface area (TPSA) is 57.5 Å². The summed E-state index contributed by atoms with van der Waals surface area (Å²) >= 11 is 0.894. The first-order chi connectivity index (χ1) is 5.54. The van der Waals surface area contributed by atoms with Gasteiger partial charge in [0.2, 0.25) is 0 Å². The fourth-order valence-electron chi connectivity index (χ4n) is 2.49. The highest BCUT2D eigenvalue weighted by molar-refractivity contribution is 8.54. The summed E-state index contributed by atoms with van der Waals surface area (Å²) in [5.41, 5.74) is 0. The Morgan fingerprint density at radius 2 is 2.00 bits per heavy atom. The fraction of sp³-hybridized carbons (Fsp3) is 1.00. The molecule has 0 aromatic carbocycles. The maximum Gasteiger partial charge on any atom is 0.384 e. The number of hydrogen-bond acceptors (Lipinski definition) is 2. The normalized spacial score (nSPS) is 40.7. The van der Waals surface area contributed by atoms with Crippen molar-refractivity contribution in [1.29, 1.82) is 0 Å². The van der Waals surface area contributed by atoms with Gasteiger partial charge in [0.25, 0.3) is 0 Å². The van der Waals surface area contributed by atoms with E-state index in [1.54, 1.807) is 0 Å². The van der Waals surface area contributed by atoms with Crippen molar-refractivity contribution in [2.45, 2.75) is 30.9 Å². The summed E-state index contributed by atoms with van der Waals surface area (Å²) < 4.78 is 10.7. The Hall–Kier alpha value is 0.500. The molecule has 70 valence electrons. The second-order valence-electron chi connectivity index (χ2n) is 3.81. The van der Waals surface area contributed by atoms with Crippen LogP contribution in [0.4, 0.5) is 0 Å². The molecule has 0 heterocycles. The molecule has 3 unspecified atom stereocenters. The molecule has 2 aliphatic rings. The van der Waals surface area contributed by atoms with E-state index in [9.17, 15) is 4.57 Å². The molecule has 0 spiro atoms. The molecule has 0 saturated heterocycles. The number of fused-ring (bicyclic) bond motifs is 2. The van der Waals surface area contributed by atoms with Gasteiger partial charge in [-0.3, -0.25) is 0 Å². The molecule has 2 N–H and O–H groups in total. The van der Waals surface area contributed by atoms with E-state index in [0.29, 0.717) is 5.92 Å². The van der Waals surface area contributed by atoms with Gasteiger partial charge in [-0.2, -0.15) is 0 Å². The van der Waals surface area contributed by atoms with Crippen LogP contribution in [-0.2, 0) is 4.57 Å². The highest BCUT2D eigenvalue weighted by Crippen LogP contribution is 2.61. The standard InChI is InChI=1S/C7H13O3PS/c8-11(9,10)12-7-4-5-1-2-6(7)3-5/h5-7H,1-4H2,(H2,8,9,10). The van der Waals surface area contributed by atoms with Crippen LogP contribution in [0.25, 0.3) is 0 Å². The first-order valence-electron chi connectivity index (χ1n) is 4.28. The monoisotopic (exact) mass is 208 g/mol. The summed E-state index contributed by atoms with van der Waals surface area (Å²) in [6.07, 6.45) is 4.70. The van der Waals surface area contributed by atoms with Crippen molar-refractivity contribution in [3.8, 4) is 0 Å². The van der Waals surface area contributed by atoms with E-state index in [0.717, 1.165) is 23.7 Å². The molecule has 3 atom stereocenters. The lowest BCUT2D eigenvalue weighted by Gasteiger charge is -2.20. The average molecular weight is 208 g/mol. The molecule has 2 bridgehead atoms. The third-order valence-corrected chi connectivity index (χ3v) is 5.70. The van der Waals surface area contributed by atoms with Crippen LogP contribution in [0.5, 0.6) is 0 Å². The van der Waals surface area contributed by atoms with E-state index >= 15 is 0 Å². The minimum atomic E-state index is -3.83. The first kappa shape index (κ1) is 9.07. The predicted octanol–water partition coefficient (Wildman–Crippen LogP) is 2.00. The SMILES string of the molecule is O=P(O)(O)SC1CC2CCC1C2. The number of hydrogen-bond donors (Lipinski definition) is 2. The summed E-state index contributed by atoms with van der Waals surface area (Å²) in [7, 11) is 0. The quantitative estimate of drug-likeness (QED) is 0.681. The van der Waals surface area contributed by atoms with Gasteiger partial charge >= 0.3 is 6.80 Å². The highest BCUT2D eigenvalue weighted by Gasteiger charge is 2.42. The fourth-order valence-corrected chi connectivity index (χ4v) is 5.45. The first-order valence-corrected chi connectivity index (χ1v) is 7.38. The van der Waals surface area contributed by atoms with Gasteiger partial charge in [-0.15, -0.1) is 0 Å². The molecule has 2 fully saturated rings. The highest BCUT2D eigenvalue weighted by atomic mass is 32.7. The summed E-state index contributed by atoms with van der Waals surface area (Å²) in [4.78, 5) is 17.6. The van der Waals surface area contributed by atoms with Gasteiger partial charge in [-0.05, 0) is 42.5 Å². The Morgan fingerprint density at radius 3 is 2.42 bits per heavy atom. The van der Waals surface area contributed by atoms with E-state index in [1.165, 1.54) is 19.3 Å². The molecule has 0 radical (unpaired) electrons. The van der Waals surface area contributed by atoms with Gasteiger partial charge in [0.05, 0.1) is 0 Å².